The van der Waals surface area contributed by atoms with E-state index in [2.05, 4.69) is 15.6 Å². The van der Waals surface area contributed by atoms with E-state index in [9.17, 15) is 9.59 Å². The molecule has 0 spiro atoms. The predicted octanol–water partition coefficient (Wildman–Crippen LogP) is 4.04. The zero-order valence-corrected chi connectivity index (χ0v) is 17.1. The van der Waals surface area contributed by atoms with E-state index >= 15 is 0 Å². The van der Waals surface area contributed by atoms with Gasteiger partial charge in [-0.15, -0.1) is 0 Å². The van der Waals surface area contributed by atoms with Crippen molar-refractivity contribution in [1.29, 1.82) is 0 Å². The van der Waals surface area contributed by atoms with Gasteiger partial charge in [-0.3, -0.25) is 4.79 Å². The molecule has 1 aliphatic heterocycles. The number of para-hydroxylation sites is 1. The molecule has 4 rings (SSSR count). The third-order valence-corrected chi connectivity index (χ3v) is 6.45. The molecule has 1 saturated carbocycles. The fourth-order valence-electron chi connectivity index (χ4n) is 4.62. The second-order valence-electron chi connectivity index (χ2n) is 8.53. The number of likely N-dealkylation sites (tertiary alicyclic amines) is 1. The minimum absolute atomic E-state index is 0.0505. The number of aromatic nitrogens is 1. The van der Waals surface area contributed by atoms with Gasteiger partial charge in [0.05, 0.1) is 0 Å². The summed E-state index contributed by atoms with van der Waals surface area (Å²) in [6, 6.07) is 10.3. The van der Waals surface area contributed by atoms with Crippen LogP contribution in [0.2, 0.25) is 0 Å². The van der Waals surface area contributed by atoms with Crippen molar-refractivity contribution < 1.29 is 9.59 Å². The zero-order chi connectivity index (χ0) is 20.1. The predicted molar refractivity (Wildman–Crippen MR) is 115 cm³/mol. The number of fused-ring (bicyclic) bond motifs is 1. The summed E-state index contributed by atoms with van der Waals surface area (Å²) >= 11 is 0. The van der Waals surface area contributed by atoms with Crippen LogP contribution in [0.3, 0.4) is 0 Å². The minimum Gasteiger partial charge on any atom is -0.351 e. The monoisotopic (exact) mass is 396 g/mol. The Balaban J connectivity index is 1.16. The minimum atomic E-state index is -0.0505. The fraction of sp³-hybridized carbons (Fsp3) is 0.565. The van der Waals surface area contributed by atoms with Gasteiger partial charge >= 0.3 is 6.03 Å². The number of nitrogens with one attached hydrogen (secondary N) is 3. The van der Waals surface area contributed by atoms with Crippen LogP contribution in [0.4, 0.5) is 4.79 Å². The Hall–Kier alpha value is -2.50. The Morgan fingerprint density at radius 1 is 1.03 bits per heavy atom. The Labute approximate surface area is 172 Å². The zero-order valence-electron chi connectivity index (χ0n) is 17.1. The highest BCUT2D eigenvalue weighted by molar-refractivity contribution is 5.97. The van der Waals surface area contributed by atoms with Crippen molar-refractivity contribution in [2.45, 2.75) is 57.4 Å². The first-order chi connectivity index (χ1) is 14.2. The summed E-state index contributed by atoms with van der Waals surface area (Å²) in [7, 11) is 0. The van der Waals surface area contributed by atoms with Crippen LogP contribution in [-0.2, 0) is 0 Å². The average molecular weight is 397 g/mol. The number of piperidine rings is 1. The van der Waals surface area contributed by atoms with Crippen LogP contribution < -0.4 is 10.6 Å². The van der Waals surface area contributed by atoms with Crippen molar-refractivity contribution in [1.82, 2.24) is 20.5 Å². The Morgan fingerprint density at radius 3 is 2.55 bits per heavy atom. The van der Waals surface area contributed by atoms with Gasteiger partial charge in [-0.2, -0.15) is 0 Å². The standard InChI is InChI=1S/C23H32N4O2/c28-22(21-16-18-6-4-5-9-20(18)26-21)24-13-10-17-11-14-27(15-12-17)23(29)25-19-7-2-1-3-8-19/h4-6,9,16-17,19,26H,1-3,7-8,10-15H2,(H,24,28)(H,25,29). The van der Waals surface area contributed by atoms with E-state index in [0.717, 1.165) is 56.1 Å². The highest BCUT2D eigenvalue weighted by Crippen LogP contribution is 2.22. The number of amides is 3. The van der Waals surface area contributed by atoms with Crippen molar-refractivity contribution in [2.24, 2.45) is 5.92 Å². The largest absolute Gasteiger partial charge is 0.351 e. The van der Waals surface area contributed by atoms with E-state index in [4.69, 9.17) is 0 Å². The van der Waals surface area contributed by atoms with Gasteiger partial charge < -0.3 is 20.5 Å². The first-order valence-electron chi connectivity index (χ1n) is 11.1. The molecule has 0 unspecified atom stereocenters. The number of urea groups is 1. The van der Waals surface area contributed by atoms with Crippen LogP contribution in [0.15, 0.2) is 30.3 Å². The first kappa shape index (κ1) is 19.8. The van der Waals surface area contributed by atoms with Gasteiger partial charge in [-0.25, -0.2) is 4.79 Å². The van der Waals surface area contributed by atoms with Gasteiger partial charge in [-0.05, 0) is 50.2 Å². The summed E-state index contributed by atoms with van der Waals surface area (Å²) in [4.78, 5) is 30.0. The lowest BCUT2D eigenvalue weighted by atomic mass is 9.93. The Bertz CT molecular complexity index is 799. The smallest absolute Gasteiger partial charge is 0.317 e. The summed E-state index contributed by atoms with van der Waals surface area (Å²) < 4.78 is 0. The molecule has 1 aromatic carbocycles. The summed E-state index contributed by atoms with van der Waals surface area (Å²) in [5, 5.41) is 7.30. The second-order valence-corrected chi connectivity index (χ2v) is 8.53. The number of rotatable bonds is 5. The van der Waals surface area contributed by atoms with E-state index in [1.807, 2.05) is 35.2 Å². The normalized spacial score (nSPS) is 18.7. The highest BCUT2D eigenvalue weighted by atomic mass is 16.2. The summed E-state index contributed by atoms with van der Waals surface area (Å²) in [5.41, 5.74) is 1.59. The van der Waals surface area contributed by atoms with Crippen molar-refractivity contribution in [2.75, 3.05) is 19.6 Å². The van der Waals surface area contributed by atoms with Crippen LogP contribution in [0, 0.1) is 5.92 Å². The third kappa shape index (κ3) is 5.11. The van der Waals surface area contributed by atoms with Crippen molar-refractivity contribution in [3.63, 3.8) is 0 Å². The maximum Gasteiger partial charge on any atom is 0.317 e. The van der Waals surface area contributed by atoms with Gasteiger partial charge in [0.2, 0.25) is 0 Å². The van der Waals surface area contributed by atoms with Crippen LogP contribution in [0.25, 0.3) is 10.9 Å². The number of carbonyl (C=O) groups is 2. The fourth-order valence-corrected chi connectivity index (χ4v) is 4.62. The number of nitrogens with zero attached hydrogens (tertiary/aromatic N) is 1. The molecule has 2 fully saturated rings. The highest BCUT2D eigenvalue weighted by Gasteiger charge is 2.25. The molecule has 156 valence electrons. The lowest BCUT2D eigenvalue weighted by Gasteiger charge is -2.34. The molecule has 0 radical (unpaired) electrons. The lowest BCUT2D eigenvalue weighted by molar-refractivity contribution is 0.0945. The van der Waals surface area contributed by atoms with E-state index in [1.165, 1.54) is 19.3 Å². The van der Waals surface area contributed by atoms with Crippen LogP contribution in [-0.4, -0.2) is 47.5 Å². The SMILES string of the molecule is O=C(NCCC1CCN(C(=O)NC2CCCCC2)CC1)c1cc2ccccc2[nH]1. The van der Waals surface area contributed by atoms with Gasteiger partial charge in [0.15, 0.2) is 0 Å². The van der Waals surface area contributed by atoms with Gasteiger partial charge in [0, 0.05) is 36.6 Å². The van der Waals surface area contributed by atoms with E-state index in [0.29, 0.717) is 24.2 Å². The Kier molecular flexibility index (Phi) is 6.37. The van der Waals surface area contributed by atoms with Gasteiger partial charge in [0.1, 0.15) is 5.69 Å². The summed E-state index contributed by atoms with van der Waals surface area (Å²) in [5.74, 6) is 0.516. The molecule has 3 N–H and O–H groups in total. The van der Waals surface area contributed by atoms with Crippen molar-refractivity contribution in [3.05, 3.63) is 36.0 Å². The third-order valence-electron chi connectivity index (χ3n) is 6.45. The Morgan fingerprint density at radius 2 is 1.79 bits per heavy atom. The van der Waals surface area contributed by atoms with E-state index < -0.39 is 0 Å². The van der Waals surface area contributed by atoms with Gasteiger partial charge in [0.25, 0.3) is 5.91 Å². The molecule has 0 bridgehead atoms. The van der Waals surface area contributed by atoms with Crippen molar-refractivity contribution >= 4 is 22.8 Å². The molecular weight excluding hydrogens is 364 g/mol. The molecule has 2 aliphatic rings. The number of H-pyrrole nitrogens is 1. The maximum absolute atomic E-state index is 12.5. The van der Waals surface area contributed by atoms with Crippen LogP contribution in [0.5, 0.6) is 0 Å². The topological polar surface area (TPSA) is 77.2 Å². The lowest BCUT2D eigenvalue weighted by Crippen LogP contribution is -2.48. The number of aromatic amines is 1. The number of benzene rings is 1. The summed E-state index contributed by atoms with van der Waals surface area (Å²) in [6.07, 6.45) is 9.00. The molecule has 2 heterocycles. The summed E-state index contributed by atoms with van der Waals surface area (Å²) in [6.45, 7) is 2.31. The molecule has 0 atom stereocenters. The first-order valence-corrected chi connectivity index (χ1v) is 11.1. The van der Waals surface area contributed by atoms with Crippen LogP contribution in [0.1, 0.15) is 61.9 Å². The van der Waals surface area contributed by atoms with Gasteiger partial charge in [-0.1, -0.05) is 37.5 Å². The maximum atomic E-state index is 12.5. The number of hydrogen-bond acceptors (Lipinski definition) is 2. The molecule has 29 heavy (non-hydrogen) atoms. The molecule has 6 nitrogen and oxygen atoms in total. The van der Waals surface area contributed by atoms with E-state index in [-0.39, 0.29) is 11.9 Å². The molecule has 1 saturated heterocycles. The van der Waals surface area contributed by atoms with Crippen molar-refractivity contribution in [3.8, 4) is 0 Å². The molecule has 6 heteroatoms. The number of hydrogen-bond donors (Lipinski definition) is 3. The van der Waals surface area contributed by atoms with E-state index in [1.54, 1.807) is 0 Å². The molecule has 1 aromatic heterocycles. The average Bonchev–Trinajstić information content (AvgIpc) is 3.19. The quantitative estimate of drug-likeness (QED) is 0.713. The van der Waals surface area contributed by atoms with Crippen LogP contribution >= 0.6 is 0 Å². The molecule has 3 amide bonds. The molecule has 2 aromatic rings. The number of carbonyl (C=O) groups excluding carboxylic acids is 2. The molecular formula is C23H32N4O2. The molecule has 1 aliphatic carbocycles. The second kappa shape index (κ2) is 9.33.